The van der Waals surface area contributed by atoms with Gasteiger partial charge in [-0.1, -0.05) is 42.3 Å². The van der Waals surface area contributed by atoms with Crippen molar-refractivity contribution in [3.63, 3.8) is 0 Å². The Kier molecular flexibility index (Phi) is 0.817. The molecule has 84 valence electrons. The van der Waals surface area contributed by atoms with Crippen LogP contribution in [0.4, 0.5) is 0 Å². The number of hydrogen-bond donors (Lipinski definition) is 1. The standard InChI is InChI=1S/C15H13NO/c17-14-13-8-15(13,9-16-14)12-6-5-10-3-1-2-4-11(10)7-12/h1-7,13H,8-9H2,(H,16,17)/t13-,15?/m1/s1/i1D,2D,3D,4D,5D,6D,7D. The zero-order chi connectivity index (χ0) is 17.5. The first-order chi connectivity index (χ1) is 11.2. The van der Waals surface area contributed by atoms with Gasteiger partial charge in [-0.3, -0.25) is 4.79 Å². The van der Waals surface area contributed by atoms with Gasteiger partial charge in [-0.25, -0.2) is 0 Å². The van der Waals surface area contributed by atoms with Crippen LogP contribution in [0.1, 0.15) is 21.6 Å². The van der Waals surface area contributed by atoms with E-state index in [2.05, 4.69) is 5.32 Å². The van der Waals surface area contributed by atoms with Crippen molar-refractivity contribution in [2.75, 3.05) is 6.54 Å². The largest absolute Gasteiger partial charge is 0.355 e. The van der Waals surface area contributed by atoms with Gasteiger partial charge in [-0.2, -0.15) is 0 Å². The Hall–Kier alpha value is -1.83. The lowest BCUT2D eigenvalue weighted by Gasteiger charge is -2.12. The third kappa shape index (κ3) is 1.13. The van der Waals surface area contributed by atoms with Crippen molar-refractivity contribution >= 4 is 16.7 Å². The lowest BCUT2D eigenvalue weighted by molar-refractivity contribution is -0.120. The number of amides is 1. The highest BCUT2D eigenvalue weighted by molar-refractivity contribution is 5.89. The summed E-state index contributed by atoms with van der Waals surface area (Å²) in [7, 11) is 0. The van der Waals surface area contributed by atoms with Gasteiger partial charge in [0.2, 0.25) is 5.91 Å². The lowest BCUT2D eigenvalue weighted by Crippen LogP contribution is -2.22. The Morgan fingerprint density at radius 1 is 1.24 bits per heavy atom. The van der Waals surface area contributed by atoms with E-state index in [1.807, 2.05) is 0 Å². The molecule has 0 bridgehead atoms. The number of hydrogen-bond acceptors (Lipinski definition) is 1. The van der Waals surface area contributed by atoms with Crippen LogP contribution in [0.2, 0.25) is 0 Å². The molecule has 2 nitrogen and oxygen atoms in total. The maximum atomic E-state index is 11.8. The number of carbonyl (C=O) groups excluding carboxylic acids is 1. The topological polar surface area (TPSA) is 29.1 Å². The molecule has 2 atom stereocenters. The van der Waals surface area contributed by atoms with E-state index in [1.165, 1.54) is 0 Å². The van der Waals surface area contributed by atoms with Gasteiger partial charge in [0.15, 0.2) is 0 Å². The fraction of sp³-hybridized carbons (Fsp3) is 0.267. The van der Waals surface area contributed by atoms with E-state index in [9.17, 15) is 4.79 Å². The number of rotatable bonds is 1. The Labute approximate surface area is 109 Å². The SMILES string of the molecule is [2H]c1c([2H])c([2H])c2c([2H])c(C34CNC(=O)[C@H]3C4)c([2H])c([2H])c2c1[2H]. The van der Waals surface area contributed by atoms with Gasteiger partial charge in [0.1, 0.15) is 0 Å². The van der Waals surface area contributed by atoms with E-state index in [4.69, 9.17) is 9.60 Å². The summed E-state index contributed by atoms with van der Waals surface area (Å²) in [4.78, 5) is 11.8. The van der Waals surface area contributed by atoms with E-state index in [-0.39, 0.29) is 52.3 Å². The van der Waals surface area contributed by atoms with Crippen LogP contribution < -0.4 is 5.32 Å². The van der Waals surface area contributed by atoms with Gasteiger partial charge in [0, 0.05) is 12.0 Å². The van der Waals surface area contributed by atoms with Crippen molar-refractivity contribution in [3.05, 3.63) is 47.9 Å². The number of fused-ring (bicyclic) bond motifs is 2. The molecule has 0 radical (unpaired) electrons. The van der Waals surface area contributed by atoms with Gasteiger partial charge >= 0.3 is 0 Å². The number of benzene rings is 2. The molecule has 1 aliphatic heterocycles. The minimum Gasteiger partial charge on any atom is -0.355 e. The summed E-state index contributed by atoms with van der Waals surface area (Å²) in [6.07, 6.45) is 0.507. The minimum absolute atomic E-state index is 0.0450. The van der Waals surface area contributed by atoms with E-state index in [0.29, 0.717) is 13.0 Å². The van der Waals surface area contributed by atoms with Gasteiger partial charge < -0.3 is 5.32 Å². The molecule has 1 unspecified atom stereocenters. The fourth-order valence-corrected chi connectivity index (χ4v) is 2.61. The van der Waals surface area contributed by atoms with Crippen molar-refractivity contribution in [3.8, 4) is 0 Å². The van der Waals surface area contributed by atoms with Crippen LogP contribution in [0.15, 0.2) is 42.3 Å². The van der Waals surface area contributed by atoms with Crippen LogP contribution >= 0.6 is 0 Å². The second-order valence-corrected chi connectivity index (χ2v) is 4.63. The molecule has 1 saturated heterocycles. The van der Waals surface area contributed by atoms with Crippen molar-refractivity contribution < 1.29 is 14.4 Å². The molecule has 0 aromatic heterocycles. The molecule has 1 N–H and O–H groups in total. The first-order valence-electron chi connectivity index (χ1n) is 9.00. The molecule has 2 aliphatic rings. The van der Waals surface area contributed by atoms with Gasteiger partial charge in [-0.15, -0.1) is 0 Å². The van der Waals surface area contributed by atoms with Crippen molar-refractivity contribution in [2.24, 2.45) is 5.92 Å². The molecule has 2 aromatic carbocycles. The smallest absolute Gasteiger partial charge is 0.224 e. The molecular formula is C15H13NO. The normalized spacial score (nSPS) is 35.9. The van der Waals surface area contributed by atoms with Crippen LogP contribution in [0, 0.1) is 5.92 Å². The van der Waals surface area contributed by atoms with Gasteiger partial charge in [0.25, 0.3) is 0 Å². The monoisotopic (exact) mass is 230 g/mol. The second-order valence-electron chi connectivity index (χ2n) is 4.63. The summed E-state index contributed by atoms with van der Waals surface area (Å²) in [6.45, 7) is 0.296. The number of carbonyl (C=O) groups is 1. The average molecular weight is 230 g/mol. The number of piperidine rings is 1. The summed E-state index contributed by atoms with van der Waals surface area (Å²) in [5.41, 5.74) is -0.445. The predicted octanol–water partition coefficient (Wildman–Crippen LogP) is 2.23. The van der Waals surface area contributed by atoms with E-state index < -0.39 is 23.5 Å². The molecule has 1 aliphatic carbocycles. The first-order valence-corrected chi connectivity index (χ1v) is 5.50. The molecule has 1 heterocycles. The molecule has 4 rings (SSSR count). The second kappa shape index (κ2) is 2.89. The highest BCUT2D eigenvalue weighted by Gasteiger charge is 2.63. The Morgan fingerprint density at radius 3 is 2.76 bits per heavy atom. The summed E-state index contributed by atoms with van der Waals surface area (Å²) < 4.78 is 56.6. The van der Waals surface area contributed by atoms with Crippen LogP contribution in [-0.2, 0) is 10.2 Å². The highest BCUT2D eigenvalue weighted by Crippen LogP contribution is 2.57. The number of nitrogens with one attached hydrogen (secondary N) is 1. The Bertz CT molecular complexity index is 957. The minimum atomic E-state index is -0.689. The average Bonchev–Trinajstić information content (AvgIpc) is 3.19. The molecule has 1 saturated carbocycles. The van der Waals surface area contributed by atoms with Crippen LogP contribution in [0.25, 0.3) is 10.8 Å². The van der Waals surface area contributed by atoms with Crippen LogP contribution in [0.3, 0.4) is 0 Å². The maximum Gasteiger partial charge on any atom is 0.224 e. The van der Waals surface area contributed by atoms with Gasteiger partial charge in [0.05, 0.1) is 15.5 Å². The Morgan fingerprint density at radius 2 is 2.06 bits per heavy atom. The first kappa shape index (κ1) is 4.81. The van der Waals surface area contributed by atoms with Gasteiger partial charge in [-0.05, 0) is 22.8 Å². The third-order valence-corrected chi connectivity index (χ3v) is 3.72. The summed E-state index contributed by atoms with van der Waals surface area (Å²) in [6, 6.07) is -2.44. The summed E-state index contributed by atoms with van der Waals surface area (Å²) in [5.74, 6) is -0.450. The third-order valence-electron chi connectivity index (χ3n) is 3.72. The molecule has 2 fully saturated rings. The van der Waals surface area contributed by atoms with E-state index >= 15 is 0 Å². The summed E-state index contributed by atoms with van der Waals surface area (Å²) in [5, 5.41) is 2.56. The quantitative estimate of drug-likeness (QED) is 0.799. The maximum absolute atomic E-state index is 11.8. The van der Waals surface area contributed by atoms with Crippen LogP contribution in [0.5, 0.6) is 0 Å². The zero-order valence-electron chi connectivity index (χ0n) is 15.9. The Balaban J connectivity index is 2.14. The fourth-order valence-electron chi connectivity index (χ4n) is 2.61. The molecule has 17 heavy (non-hydrogen) atoms. The molecule has 2 aromatic rings. The molecular weight excluding hydrogens is 210 g/mol. The van der Waals surface area contributed by atoms with Crippen LogP contribution in [-0.4, -0.2) is 12.5 Å². The van der Waals surface area contributed by atoms with Crippen molar-refractivity contribution in [2.45, 2.75) is 11.8 Å². The highest BCUT2D eigenvalue weighted by atomic mass is 16.2. The zero-order valence-corrected chi connectivity index (χ0v) is 8.90. The predicted molar refractivity (Wildman–Crippen MR) is 66.7 cm³/mol. The van der Waals surface area contributed by atoms with E-state index in [0.717, 1.165) is 0 Å². The van der Waals surface area contributed by atoms with Crippen molar-refractivity contribution in [1.29, 1.82) is 0 Å². The van der Waals surface area contributed by atoms with Crippen molar-refractivity contribution in [1.82, 2.24) is 5.32 Å². The lowest BCUT2D eigenvalue weighted by atomic mass is 9.93. The summed E-state index contributed by atoms with van der Waals surface area (Å²) >= 11 is 0. The molecule has 0 spiro atoms. The molecule has 2 heteroatoms. The molecule has 1 amide bonds. The van der Waals surface area contributed by atoms with E-state index in [1.54, 1.807) is 0 Å².